The predicted molar refractivity (Wildman–Crippen MR) is 71.4 cm³/mol. The number of hydrogen-bond donors (Lipinski definition) is 1. The van der Waals surface area contributed by atoms with Crippen molar-refractivity contribution in [1.29, 1.82) is 0 Å². The fourth-order valence-electron chi connectivity index (χ4n) is 1.41. The largest absolute Gasteiger partial charge is 0.388 e. The fraction of sp³-hybridized carbons (Fsp3) is 0.154. The second kappa shape index (κ2) is 6.05. The van der Waals surface area contributed by atoms with Gasteiger partial charge in [-0.15, -0.1) is 11.8 Å². The van der Waals surface area contributed by atoms with Crippen LogP contribution < -0.4 is 0 Å². The Hall–Kier alpha value is -1.03. The molecular weight excluding hydrogens is 254 g/mol. The molecule has 0 radical (unpaired) electrons. The van der Waals surface area contributed by atoms with E-state index in [1.54, 1.807) is 18.3 Å². The van der Waals surface area contributed by atoms with Gasteiger partial charge in [0.2, 0.25) is 0 Å². The zero-order chi connectivity index (χ0) is 12.1. The summed E-state index contributed by atoms with van der Waals surface area (Å²) in [6.07, 6.45) is 1.22. The van der Waals surface area contributed by atoms with E-state index in [9.17, 15) is 5.11 Å². The SMILES string of the molecule is OC(CSc1ccccn1)c1cccc(Cl)c1. The maximum Gasteiger partial charge on any atom is 0.0960 e. The van der Waals surface area contributed by atoms with E-state index in [0.29, 0.717) is 10.8 Å². The third-order valence-electron chi connectivity index (χ3n) is 2.26. The quantitative estimate of drug-likeness (QED) is 0.858. The monoisotopic (exact) mass is 265 g/mol. The minimum Gasteiger partial charge on any atom is -0.388 e. The number of nitrogens with zero attached hydrogens (tertiary/aromatic N) is 1. The molecule has 1 atom stereocenters. The molecule has 88 valence electrons. The summed E-state index contributed by atoms with van der Waals surface area (Å²) in [7, 11) is 0. The van der Waals surface area contributed by atoms with Crippen molar-refractivity contribution < 1.29 is 5.11 Å². The Morgan fingerprint density at radius 1 is 1.24 bits per heavy atom. The molecule has 0 aliphatic heterocycles. The fourth-order valence-corrected chi connectivity index (χ4v) is 2.44. The molecule has 1 heterocycles. The molecule has 0 amide bonds. The topological polar surface area (TPSA) is 33.1 Å². The van der Waals surface area contributed by atoms with Crippen molar-refractivity contribution in [1.82, 2.24) is 4.98 Å². The summed E-state index contributed by atoms with van der Waals surface area (Å²) < 4.78 is 0. The van der Waals surface area contributed by atoms with Crippen LogP contribution in [0, 0.1) is 0 Å². The summed E-state index contributed by atoms with van der Waals surface area (Å²) in [5.74, 6) is 0.567. The van der Waals surface area contributed by atoms with Gasteiger partial charge in [-0.2, -0.15) is 0 Å². The van der Waals surface area contributed by atoms with Gasteiger partial charge in [-0.05, 0) is 29.8 Å². The number of aromatic nitrogens is 1. The Balaban J connectivity index is 1.96. The second-order valence-electron chi connectivity index (χ2n) is 3.55. The van der Waals surface area contributed by atoms with Gasteiger partial charge in [0.15, 0.2) is 0 Å². The van der Waals surface area contributed by atoms with Crippen LogP contribution in [0.2, 0.25) is 5.02 Å². The summed E-state index contributed by atoms with van der Waals surface area (Å²) in [6.45, 7) is 0. The number of aliphatic hydroxyl groups is 1. The van der Waals surface area contributed by atoms with Crippen LogP contribution in [0.15, 0.2) is 53.7 Å². The van der Waals surface area contributed by atoms with E-state index in [0.717, 1.165) is 10.6 Å². The third kappa shape index (κ3) is 3.73. The van der Waals surface area contributed by atoms with E-state index in [2.05, 4.69) is 4.98 Å². The first kappa shape index (κ1) is 12.4. The lowest BCUT2D eigenvalue weighted by atomic mass is 10.1. The molecule has 0 saturated carbocycles. The van der Waals surface area contributed by atoms with Crippen LogP contribution in [0.25, 0.3) is 0 Å². The van der Waals surface area contributed by atoms with Crippen molar-refractivity contribution in [2.75, 3.05) is 5.75 Å². The van der Waals surface area contributed by atoms with Crippen LogP contribution in [-0.4, -0.2) is 15.8 Å². The molecule has 17 heavy (non-hydrogen) atoms. The molecule has 1 N–H and O–H groups in total. The number of halogens is 1. The highest BCUT2D eigenvalue weighted by molar-refractivity contribution is 7.99. The minimum absolute atomic E-state index is 0.527. The molecule has 1 aromatic carbocycles. The molecule has 0 spiro atoms. The highest BCUT2D eigenvalue weighted by Crippen LogP contribution is 2.24. The van der Waals surface area contributed by atoms with Gasteiger partial charge in [-0.1, -0.05) is 29.8 Å². The molecule has 1 unspecified atom stereocenters. The van der Waals surface area contributed by atoms with Crippen molar-refractivity contribution in [3.05, 3.63) is 59.2 Å². The van der Waals surface area contributed by atoms with Crippen LogP contribution >= 0.6 is 23.4 Å². The zero-order valence-corrected chi connectivity index (χ0v) is 10.7. The molecule has 2 nitrogen and oxygen atoms in total. The average molecular weight is 266 g/mol. The van der Waals surface area contributed by atoms with Crippen molar-refractivity contribution in [3.63, 3.8) is 0 Å². The maximum absolute atomic E-state index is 10.00. The summed E-state index contributed by atoms with van der Waals surface area (Å²) in [6, 6.07) is 13.0. The average Bonchev–Trinajstić information content (AvgIpc) is 2.37. The zero-order valence-electron chi connectivity index (χ0n) is 9.08. The first-order chi connectivity index (χ1) is 8.25. The summed E-state index contributed by atoms with van der Waals surface area (Å²) >= 11 is 7.40. The van der Waals surface area contributed by atoms with Gasteiger partial charge in [-0.3, -0.25) is 0 Å². The van der Waals surface area contributed by atoms with Gasteiger partial charge in [0.05, 0.1) is 11.1 Å². The number of thioether (sulfide) groups is 1. The highest BCUT2D eigenvalue weighted by Gasteiger charge is 2.08. The van der Waals surface area contributed by atoms with E-state index in [-0.39, 0.29) is 0 Å². The van der Waals surface area contributed by atoms with Crippen molar-refractivity contribution >= 4 is 23.4 Å². The van der Waals surface area contributed by atoms with Crippen LogP contribution in [0.3, 0.4) is 0 Å². The Morgan fingerprint density at radius 3 is 2.82 bits per heavy atom. The van der Waals surface area contributed by atoms with E-state index < -0.39 is 6.10 Å². The Labute approximate surface area is 110 Å². The minimum atomic E-state index is -0.527. The number of benzene rings is 1. The number of hydrogen-bond acceptors (Lipinski definition) is 3. The van der Waals surface area contributed by atoms with Gasteiger partial charge in [0.1, 0.15) is 0 Å². The first-order valence-corrected chi connectivity index (χ1v) is 6.59. The molecule has 0 saturated heterocycles. The summed E-state index contributed by atoms with van der Waals surface area (Å²) in [5, 5.41) is 11.6. The molecule has 1 aromatic heterocycles. The third-order valence-corrected chi connectivity index (χ3v) is 3.52. The van der Waals surface area contributed by atoms with Gasteiger partial charge >= 0.3 is 0 Å². The molecule has 0 aliphatic carbocycles. The highest BCUT2D eigenvalue weighted by atomic mass is 35.5. The maximum atomic E-state index is 10.00. The molecular formula is C13H12ClNOS. The normalized spacial score (nSPS) is 12.4. The standard InChI is InChI=1S/C13H12ClNOS/c14-11-5-3-4-10(8-11)12(16)9-17-13-6-1-2-7-15-13/h1-8,12,16H,9H2. The van der Waals surface area contributed by atoms with Gasteiger partial charge in [0, 0.05) is 17.0 Å². The van der Waals surface area contributed by atoms with Gasteiger partial charge in [0.25, 0.3) is 0 Å². The van der Waals surface area contributed by atoms with E-state index >= 15 is 0 Å². The molecule has 0 fully saturated rings. The number of pyridine rings is 1. The lowest BCUT2D eigenvalue weighted by molar-refractivity contribution is 0.204. The van der Waals surface area contributed by atoms with E-state index in [4.69, 9.17) is 11.6 Å². The Bertz CT molecular complexity index is 478. The summed E-state index contributed by atoms with van der Waals surface area (Å²) in [4.78, 5) is 4.19. The molecule has 0 aliphatic rings. The smallest absolute Gasteiger partial charge is 0.0960 e. The van der Waals surface area contributed by atoms with Gasteiger partial charge < -0.3 is 5.11 Å². The van der Waals surface area contributed by atoms with Crippen molar-refractivity contribution in [3.8, 4) is 0 Å². The summed E-state index contributed by atoms with van der Waals surface area (Å²) in [5.41, 5.74) is 0.834. The van der Waals surface area contributed by atoms with Crippen LogP contribution in [-0.2, 0) is 0 Å². The predicted octanol–water partition coefficient (Wildman–Crippen LogP) is 3.56. The lowest BCUT2D eigenvalue weighted by Gasteiger charge is -2.10. The lowest BCUT2D eigenvalue weighted by Crippen LogP contribution is -2.00. The number of aliphatic hydroxyl groups excluding tert-OH is 1. The second-order valence-corrected chi connectivity index (χ2v) is 5.03. The Morgan fingerprint density at radius 2 is 2.12 bits per heavy atom. The van der Waals surface area contributed by atoms with E-state index in [1.807, 2.05) is 30.3 Å². The number of rotatable bonds is 4. The molecule has 2 rings (SSSR count). The van der Waals surface area contributed by atoms with Gasteiger partial charge in [-0.25, -0.2) is 4.98 Å². The Kier molecular flexibility index (Phi) is 4.42. The van der Waals surface area contributed by atoms with Crippen molar-refractivity contribution in [2.45, 2.75) is 11.1 Å². The van der Waals surface area contributed by atoms with Crippen molar-refractivity contribution in [2.24, 2.45) is 0 Å². The first-order valence-electron chi connectivity index (χ1n) is 5.23. The van der Waals surface area contributed by atoms with Crippen LogP contribution in [0.1, 0.15) is 11.7 Å². The van der Waals surface area contributed by atoms with E-state index in [1.165, 1.54) is 11.8 Å². The molecule has 4 heteroatoms. The van der Waals surface area contributed by atoms with Crippen LogP contribution in [0.4, 0.5) is 0 Å². The molecule has 0 bridgehead atoms. The molecule has 2 aromatic rings. The van der Waals surface area contributed by atoms with Crippen LogP contribution in [0.5, 0.6) is 0 Å².